The first-order valence-corrected chi connectivity index (χ1v) is 8.45. The highest BCUT2D eigenvalue weighted by Crippen LogP contribution is 2.21. The summed E-state index contributed by atoms with van der Waals surface area (Å²) in [5.74, 6) is 0.147. The first kappa shape index (κ1) is 16.7. The SMILES string of the molecule is CCC[C@H](N)C(=O)N1CCC[C@@H]1CN1C[C@@H](C)O[C@@H](C)C1. The van der Waals surface area contributed by atoms with Crippen LogP contribution in [0.25, 0.3) is 0 Å². The summed E-state index contributed by atoms with van der Waals surface area (Å²) in [7, 11) is 0. The van der Waals surface area contributed by atoms with Gasteiger partial charge in [0.25, 0.3) is 0 Å². The van der Waals surface area contributed by atoms with Gasteiger partial charge in [-0.1, -0.05) is 13.3 Å². The molecule has 4 atom stereocenters. The van der Waals surface area contributed by atoms with Gasteiger partial charge in [-0.05, 0) is 33.1 Å². The van der Waals surface area contributed by atoms with E-state index >= 15 is 0 Å². The molecule has 0 aromatic carbocycles. The van der Waals surface area contributed by atoms with Crippen molar-refractivity contribution in [2.45, 2.75) is 70.7 Å². The molecular weight excluding hydrogens is 266 g/mol. The van der Waals surface area contributed by atoms with E-state index in [1.165, 1.54) is 0 Å². The van der Waals surface area contributed by atoms with Gasteiger partial charge in [0.05, 0.1) is 18.2 Å². The molecule has 0 bridgehead atoms. The second kappa shape index (κ2) is 7.56. The molecule has 2 N–H and O–H groups in total. The third-order valence-electron chi connectivity index (χ3n) is 4.54. The van der Waals surface area contributed by atoms with E-state index in [1.807, 2.05) is 4.90 Å². The van der Waals surface area contributed by atoms with E-state index in [0.717, 1.165) is 51.9 Å². The molecule has 2 fully saturated rings. The van der Waals surface area contributed by atoms with E-state index in [2.05, 4.69) is 25.7 Å². The Morgan fingerprint density at radius 3 is 2.62 bits per heavy atom. The third-order valence-corrected chi connectivity index (χ3v) is 4.54. The number of ether oxygens (including phenoxy) is 1. The van der Waals surface area contributed by atoms with Gasteiger partial charge in [0, 0.05) is 32.2 Å². The Morgan fingerprint density at radius 2 is 2.00 bits per heavy atom. The number of nitrogens with zero attached hydrogens (tertiary/aromatic N) is 2. The van der Waals surface area contributed by atoms with E-state index < -0.39 is 0 Å². The second-order valence-electron chi connectivity index (χ2n) is 6.70. The molecule has 122 valence electrons. The molecule has 2 rings (SSSR count). The monoisotopic (exact) mass is 297 g/mol. The first-order chi connectivity index (χ1) is 10.0. The number of hydrogen-bond donors (Lipinski definition) is 1. The van der Waals surface area contributed by atoms with Crippen molar-refractivity contribution in [2.75, 3.05) is 26.2 Å². The zero-order valence-corrected chi connectivity index (χ0v) is 13.8. The summed E-state index contributed by atoms with van der Waals surface area (Å²) < 4.78 is 5.78. The minimum absolute atomic E-state index is 0.147. The maximum Gasteiger partial charge on any atom is 0.239 e. The Kier molecular flexibility index (Phi) is 6.02. The largest absolute Gasteiger partial charge is 0.373 e. The van der Waals surface area contributed by atoms with Crippen LogP contribution < -0.4 is 5.73 Å². The molecule has 0 aromatic rings. The normalized spacial score (nSPS) is 32.4. The number of carbonyl (C=O) groups excluding carboxylic acids is 1. The lowest BCUT2D eigenvalue weighted by atomic mass is 10.1. The molecule has 2 aliphatic rings. The summed E-state index contributed by atoms with van der Waals surface area (Å²) in [5.41, 5.74) is 6.02. The molecule has 0 radical (unpaired) electrons. The minimum atomic E-state index is -0.321. The second-order valence-corrected chi connectivity index (χ2v) is 6.70. The number of hydrogen-bond acceptors (Lipinski definition) is 4. The molecule has 2 aliphatic heterocycles. The van der Waals surface area contributed by atoms with Crippen LogP contribution in [0.2, 0.25) is 0 Å². The average molecular weight is 297 g/mol. The van der Waals surface area contributed by atoms with E-state index in [-0.39, 0.29) is 24.2 Å². The standard InChI is InChI=1S/C16H31N3O2/c1-4-6-15(17)16(20)19-8-5-7-14(19)11-18-9-12(2)21-13(3)10-18/h12-15H,4-11,17H2,1-3H3/t12-,13+,14-,15+/m1/s1. The molecule has 1 amide bonds. The topological polar surface area (TPSA) is 58.8 Å². The molecular formula is C16H31N3O2. The summed E-state index contributed by atoms with van der Waals surface area (Å²) in [6.07, 6.45) is 4.51. The van der Waals surface area contributed by atoms with Crippen molar-refractivity contribution in [3.63, 3.8) is 0 Å². The van der Waals surface area contributed by atoms with Gasteiger partial charge in [-0.25, -0.2) is 0 Å². The predicted octanol–water partition coefficient (Wildman–Crippen LogP) is 1.21. The van der Waals surface area contributed by atoms with Crippen molar-refractivity contribution in [3.05, 3.63) is 0 Å². The fraction of sp³-hybridized carbons (Fsp3) is 0.938. The lowest BCUT2D eigenvalue weighted by molar-refractivity contribution is -0.134. The molecule has 0 spiro atoms. The van der Waals surface area contributed by atoms with Gasteiger partial charge in [0.2, 0.25) is 5.91 Å². The van der Waals surface area contributed by atoms with Gasteiger partial charge in [0.15, 0.2) is 0 Å². The Hall–Kier alpha value is -0.650. The highest BCUT2D eigenvalue weighted by Gasteiger charge is 2.33. The van der Waals surface area contributed by atoms with Crippen LogP contribution in [-0.4, -0.2) is 66.2 Å². The van der Waals surface area contributed by atoms with Crippen molar-refractivity contribution in [3.8, 4) is 0 Å². The average Bonchev–Trinajstić information content (AvgIpc) is 2.85. The number of morpholine rings is 1. The smallest absolute Gasteiger partial charge is 0.239 e. The Bertz CT molecular complexity index is 340. The van der Waals surface area contributed by atoms with Gasteiger partial charge in [-0.2, -0.15) is 0 Å². The molecule has 5 nitrogen and oxygen atoms in total. The van der Waals surface area contributed by atoms with E-state index in [9.17, 15) is 4.79 Å². The lowest BCUT2D eigenvalue weighted by Crippen LogP contribution is -2.53. The Balaban J connectivity index is 1.91. The summed E-state index contributed by atoms with van der Waals surface area (Å²) in [6.45, 7) is 10.1. The first-order valence-electron chi connectivity index (χ1n) is 8.45. The van der Waals surface area contributed by atoms with Crippen LogP contribution >= 0.6 is 0 Å². The van der Waals surface area contributed by atoms with Crippen molar-refractivity contribution in [2.24, 2.45) is 5.73 Å². The molecule has 2 heterocycles. The number of rotatable bonds is 5. The molecule has 2 saturated heterocycles. The van der Waals surface area contributed by atoms with Gasteiger partial charge < -0.3 is 15.4 Å². The van der Waals surface area contributed by atoms with Crippen LogP contribution in [0.5, 0.6) is 0 Å². The zero-order valence-electron chi connectivity index (χ0n) is 13.8. The summed E-state index contributed by atoms with van der Waals surface area (Å²) >= 11 is 0. The third kappa shape index (κ3) is 4.41. The molecule has 0 aliphatic carbocycles. The predicted molar refractivity (Wildman–Crippen MR) is 84.1 cm³/mol. The summed E-state index contributed by atoms with van der Waals surface area (Å²) in [6, 6.07) is 0.0102. The Morgan fingerprint density at radius 1 is 1.33 bits per heavy atom. The van der Waals surface area contributed by atoms with Crippen LogP contribution in [0, 0.1) is 0 Å². The molecule has 5 heteroatoms. The molecule has 0 aromatic heterocycles. The van der Waals surface area contributed by atoms with Gasteiger partial charge in [-0.15, -0.1) is 0 Å². The van der Waals surface area contributed by atoms with E-state index in [0.29, 0.717) is 6.04 Å². The quantitative estimate of drug-likeness (QED) is 0.829. The van der Waals surface area contributed by atoms with Crippen molar-refractivity contribution < 1.29 is 9.53 Å². The van der Waals surface area contributed by atoms with Gasteiger partial charge in [-0.3, -0.25) is 9.69 Å². The molecule has 21 heavy (non-hydrogen) atoms. The molecule has 0 unspecified atom stereocenters. The minimum Gasteiger partial charge on any atom is -0.373 e. The van der Waals surface area contributed by atoms with Crippen LogP contribution in [0.15, 0.2) is 0 Å². The van der Waals surface area contributed by atoms with Gasteiger partial charge >= 0.3 is 0 Å². The zero-order chi connectivity index (χ0) is 15.4. The number of amides is 1. The number of nitrogens with two attached hydrogens (primary N) is 1. The summed E-state index contributed by atoms with van der Waals surface area (Å²) in [5, 5.41) is 0. The maximum atomic E-state index is 12.5. The van der Waals surface area contributed by atoms with E-state index in [4.69, 9.17) is 10.5 Å². The highest BCUT2D eigenvalue weighted by molar-refractivity contribution is 5.82. The fourth-order valence-electron chi connectivity index (χ4n) is 3.69. The highest BCUT2D eigenvalue weighted by atomic mass is 16.5. The summed E-state index contributed by atoms with van der Waals surface area (Å²) in [4.78, 5) is 17.0. The van der Waals surface area contributed by atoms with Crippen LogP contribution in [0.4, 0.5) is 0 Å². The van der Waals surface area contributed by atoms with Crippen molar-refractivity contribution in [1.29, 1.82) is 0 Å². The van der Waals surface area contributed by atoms with Crippen molar-refractivity contribution in [1.82, 2.24) is 9.80 Å². The lowest BCUT2D eigenvalue weighted by Gasteiger charge is -2.38. The number of likely N-dealkylation sites (tertiary alicyclic amines) is 1. The molecule has 0 saturated carbocycles. The fourth-order valence-corrected chi connectivity index (χ4v) is 3.69. The Labute approximate surface area is 128 Å². The maximum absolute atomic E-state index is 12.5. The van der Waals surface area contributed by atoms with Crippen LogP contribution in [-0.2, 0) is 9.53 Å². The van der Waals surface area contributed by atoms with Crippen molar-refractivity contribution >= 4 is 5.91 Å². The number of carbonyl (C=O) groups is 1. The van der Waals surface area contributed by atoms with Gasteiger partial charge in [0.1, 0.15) is 0 Å². The van der Waals surface area contributed by atoms with Crippen LogP contribution in [0.1, 0.15) is 46.5 Å². The van der Waals surface area contributed by atoms with Crippen LogP contribution in [0.3, 0.4) is 0 Å². The van der Waals surface area contributed by atoms with E-state index in [1.54, 1.807) is 0 Å².